The van der Waals surface area contributed by atoms with Crippen LogP contribution in [0, 0.1) is 6.92 Å². The Balaban J connectivity index is 3.00. The molecule has 1 heterocycles. The van der Waals surface area contributed by atoms with Crippen molar-refractivity contribution in [3.63, 3.8) is 0 Å². The van der Waals surface area contributed by atoms with Gasteiger partial charge in [-0.3, -0.25) is 5.10 Å². The van der Waals surface area contributed by atoms with Gasteiger partial charge in [-0.15, -0.1) is 0 Å². The minimum Gasteiger partial charge on any atom is -0.383 e. The Morgan fingerprint density at radius 2 is 2.16 bits per heavy atom. The maximum Gasteiger partial charge on any atom is 0.262 e. The number of likely N-dealkylation sites (N-methyl/N-ethyl adjacent to an activating group) is 1. The molecular weight excluding hydrogens is 268 g/mol. The van der Waals surface area contributed by atoms with E-state index in [-0.39, 0.29) is 5.03 Å². The molecule has 2 N–H and O–H groups in total. The number of H-pyrrole nitrogens is 1. The van der Waals surface area contributed by atoms with Gasteiger partial charge in [0.05, 0.1) is 6.61 Å². The number of aromatic nitrogens is 2. The van der Waals surface area contributed by atoms with E-state index in [2.05, 4.69) is 15.5 Å². The van der Waals surface area contributed by atoms with E-state index in [1.54, 1.807) is 0 Å². The first-order valence-electron chi connectivity index (χ1n) is 6.15. The first kappa shape index (κ1) is 16.1. The predicted octanol–water partition coefficient (Wildman–Crippen LogP) is 0.0945. The van der Waals surface area contributed by atoms with Gasteiger partial charge in [0, 0.05) is 38.5 Å². The van der Waals surface area contributed by atoms with Gasteiger partial charge in [0.1, 0.15) is 0 Å². The summed E-state index contributed by atoms with van der Waals surface area (Å²) in [4.78, 5) is 0. The van der Waals surface area contributed by atoms with Crippen LogP contribution in [0.5, 0.6) is 0 Å². The lowest BCUT2D eigenvalue weighted by atomic mass is 10.2. The summed E-state index contributed by atoms with van der Waals surface area (Å²) < 4.78 is 30.9. The monoisotopic (exact) mass is 290 g/mol. The number of sulfonamides is 1. The van der Waals surface area contributed by atoms with Crippen LogP contribution < -0.4 is 5.32 Å². The van der Waals surface area contributed by atoms with Crippen LogP contribution in [0.25, 0.3) is 0 Å². The lowest BCUT2D eigenvalue weighted by Gasteiger charge is -2.16. The minimum atomic E-state index is -3.58. The van der Waals surface area contributed by atoms with Crippen LogP contribution >= 0.6 is 0 Å². The summed E-state index contributed by atoms with van der Waals surface area (Å²) in [5.41, 5.74) is 1.45. The van der Waals surface area contributed by atoms with Gasteiger partial charge in [-0.05, 0) is 13.5 Å². The van der Waals surface area contributed by atoms with Crippen LogP contribution in [0.4, 0.5) is 0 Å². The van der Waals surface area contributed by atoms with Crippen molar-refractivity contribution in [2.45, 2.75) is 25.4 Å². The molecule has 1 aromatic rings. The second kappa shape index (κ2) is 6.99. The van der Waals surface area contributed by atoms with Gasteiger partial charge in [0.25, 0.3) is 10.0 Å². The third-order valence-electron chi connectivity index (χ3n) is 2.85. The quantitative estimate of drug-likeness (QED) is 0.709. The van der Waals surface area contributed by atoms with Crippen molar-refractivity contribution in [3.8, 4) is 0 Å². The van der Waals surface area contributed by atoms with Crippen LogP contribution in [0.15, 0.2) is 5.03 Å². The molecule has 0 atom stereocenters. The van der Waals surface area contributed by atoms with E-state index in [1.165, 1.54) is 18.5 Å². The number of ether oxygens (including phenoxy) is 1. The largest absolute Gasteiger partial charge is 0.383 e. The van der Waals surface area contributed by atoms with Gasteiger partial charge < -0.3 is 10.1 Å². The van der Waals surface area contributed by atoms with Crippen molar-refractivity contribution in [2.24, 2.45) is 0 Å². The zero-order valence-electron chi connectivity index (χ0n) is 11.9. The molecule has 110 valence electrons. The van der Waals surface area contributed by atoms with E-state index in [0.29, 0.717) is 25.3 Å². The van der Waals surface area contributed by atoms with E-state index in [0.717, 1.165) is 12.2 Å². The van der Waals surface area contributed by atoms with Gasteiger partial charge in [-0.1, -0.05) is 6.92 Å². The number of rotatable bonds is 8. The fraction of sp³-hybridized carbons (Fsp3) is 0.727. The molecule has 0 spiro atoms. The number of aryl methyl sites for hydroxylation is 1. The average Bonchev–Trinajstić information content (AvgIpc) is 2.75. The van der Waals surface area contributed by atoms with Gasteiger partial charge in [-0.25, -0.2) is 8.42 Å². The Labute approximate surface area is 114 Å². The van der Waals surface area contributed by atoms with E-state index < -0.39 is 10.0 Å². The predicted molar refractivity (Wildman–Crippen MR) is 72.4 cm³/mol. The number of hydrogen-bond acceptors (Lipinski definition) is 5. The van der Waals surface area contributed by atoms with Crippen molar-refractivity contribution in [1.29, 1.82) is 0 Å². The summed E-state index contributed by atoms with van der Waals surface area (Å²) >= 11 is 0. The SMILES string of the molecule is CCNCc1c(S(=O)(=O)N(C)CCOC)n[nH]c1C. The van der Waals surface area contributed by atoms with Crippen LogP contribution in [0.3, 0.4) is 0 Å². The normalized spacial score (nSPS) is 12.3. The Hall–Kier alpha value is -0.960. The van der Waals surface area contributed by atoms with Crippen LogP contribution in [-0.2, 0) is 21.3 Å². The van der Waals surface area contributed by atoms with Crippen LogP contribution in [0.2, 0.25) is 0 Å². The third kappa shape index (κ3) is 3.75. The molecule has 0 aliphatic carbocycles. The Morgan fingerprint density at radius 1 is 1.47 bits per heavy atom. The van der Waals surface area contributed by atoms with Gasteiger partial charge in [0.15, 0.2) is 5.03 Å². The summed E-state index contributed by atoms with van der Waals surface area (Å²) in [6.07, 6.45) is 0. The summed E-state index contributed by atoms with van der Waals surface area (Å²) in [7, 11) is -0.520. The summed E-state index contributed by atoms with van der Waals surface area (Å²) in [6, 6.07) is 0. The van der Waals surface area contributed by atoms with Crippen LogP contribution in [0.1, 0.15) is 18.2 Å². The highest BCUT2D eigenvalue weighted by atomic mass is 32.2. The molecule has 0 aliphatic heterocycles. The zero-order chi connectivity index (χ0) is 14.5. The Morgan fingerprint density at radius 3 is 2.74 bits per heavy atom. The number of aromatic amines is 1. The number of hydrogen-bond donors (Lipinski definition) is 2. The molecule has 0 aliphatic rings. The molecule has 7 nitrogen and oxygen atoms in total. The van der Waals surface area contributed by atoms with Gasteiger partial charge in [-0.2, -0.15) is 9.40 Å². The average molecular weight is 290 g/mol. The minimum absolute atomic E-state index is 0.0875. The van der Waals surface area contributed by atoms with E-state index in [9.17, 15) is 8.42 Å². The van der Waals surface area contributed by atoms with E-state index in [4.69, 9.17) is 4.74 Å². The number of nitrogens with zero attached hydrogens (tertiary/aromatic N) is 2. The molecule has 0 fully saturated rings. The zero-order valence-corrected chi connectivity index (χ0v) is 12.7. The van der Waals surface area contributed by atoms with Crippen molar-refractivity contribution < 1.29 is 13.2 Å². The molecule has 19 heavy (non-hydrogen) atoms. The van der Waals surface area contributed by atoms with Crippen molar-refractivity contribution >= 4 is 10.0 Å². The molecular formula is C11H22N4O3S. The molecule has 0 unspecified atom stereocenters. The van der Waals surface area contributed by atoms with Crippen molar-refractivity contribution in [3.05, 3.63) is 11.3 Å². The van der Waals surface area contributed by atoms with Crippen LogP contribution in [-0.4, -0.2) is 56.8 Å². The highest BCUT2D eigenvalue weighted by Crippen LogP contribution is 2.19. The number of nitrogens with one attached hydrogen (secondary N) is 2. The van der Waals surface area contributed by atoms with Crippen molar-refractivity contribution in [2.75, 3.05) is 33.9 Å². The van der Waals surface area contributed by atoms with Gasteiger partial charge in [0.2, 0.25) is 0 Å². The highest BCUT2D eigenvalue weighted by Gasteiger charge is 2.27. The van der Waals surface area contributed by atoms with Gasteiger partial charge >= 0.3 is 0 Å². The molecule has 8 heteroatoms. The lowest BCUT2D eigenvalue weighted by Crippen LogP contribution is -2.31. The molecule has 0 radical (unpaired) electrons. The highest BCUT2D eigenvalue weighted by molar-refractivity contribution is 7.89. The summed E-state index contributed by atoms with van der Waals surface area (Å²) in [5, 5.41) is 9.88. The molecule has 0 amide bonds. The molecule has 1 aromatic heterocycles. The van der Waals surface area contributed by atoms with Crippen molar-refractivity contribution in [1.82, 2.24) is 19.8 Å². The first-order chi connectivity index (χ1) is 8.95. The second-order valence-corrected chi connectivity index (χ2v) is 6.19. The molecule has 1 rings (SSSR count). The smallest absolute Gasteiger partial charge is 0.262 e. The molecule has 0 aromatic carbocycles. The molecule has 0 saturated carbocycles. The second-order valence-electron chi connectivity index (χ2n) is 4.23. The fourth-order valence-corrected chi connectivity index (χ4v) is 2.90. The maximum absolute atomic E-state index is 12.4. The lowest BCUT2D eigenvalue weighted by molar-refractivity contribution is 0.185. The fourth-order valence-electron chi connectivity index (χ4n) is 1.59. The van der Waals surface area contributed by atoms with E-state index in [1.807, 2.05) is 13.8 Å². The maximum atomic E-state index is 12.4. The summed E-state index contributed by atoms with van der Waals surface area (Å²) in [6.45, 7) is 5.67. The Kier molecular flexibility index (Phi) is 5.92. The third-order valence-corrected chi connectivity index (χ3v) is 4.68. The topological polar surface area (TPSA) is 87.3 Å². The number of methoxy groups -OCH3 is 1. The first-order valence-corrected chi connectivity index (χ1v) is 7.59. The Bertz CT molecular complexity index is 498. The van der Waals surface area contributed by atoms with E-state index >= 15 is 0 Å². The molecule has 0 saturated heterocycles. The molecule has 0 bridgehead atoms. The summed E-state index contributed by atoms with van der Waals surface area (Å²) in [5.74, 6) is 0. The standard InChI is InChI=1S/C11H22N4O3S/c1-5-12-8-10-9(2)13-14-11(10)19(16,17)15(3)6-7-18-4/h12H,5-8H2,1-4H3,(H,13,14).